The molecule has 10 heteroatoms. The van der Waals surface area contributed by atoms with Crippen LogP contribution < -0.4 is 4.90 Å². The summed E-state index contributed by atoms with van der Waals surface area (Å²) >= 11 is 12.6. The smallest absolute Gasteiger partial charge is 0.327 e. The Morgan fingerprint density at radius 1 is 1.26 bits per heavy atom. The zero-order valence-corrected chi connectivity index (χ0v) is 16.6. The van der Waals surface area contributed by atoms with Gasteiger partial charge in [-0.3, -0.25) is 0 Å². The maximum absolute atomic E-state index is 9.16. The van der Waals surface area contributed by atoms with Gasteiger partial charge in [-0.05, 0) is 25.0 Å². The lowest BCUT2D eigenvalue weighted by Crippen LogP contribution is -2.39. The van der Waals surface area contributed by atoms with Crippen LogP contribution in [0.15, 0.2) is 36.9 Å². The average molecular weight is 427 g/mol. The highest BCUT2D eigenvalue weighted by Gasteiger charge is 2.25. The highest BCUT2D eigenvalue weighted by atomic mass is 35.5. The fourth-order valence-corrected chi connectivity index (χ4v) is 4.14. The van der Waals surface area contributed by atoms with Crippen molar-refractivity contribution in [3.63, 3.8) is 0 Å². The Balaban J connectivity index is 1.80. The van der Waals surface area contributed by atoms with E-state index in [1.165, 1.54) is 0 Å². The van der Waals surface area contributed by atoms with Gasteiger partial charge in [-0.15, -0.1) is 0 Å². The van der Waals surface area contributed by atoms with Gasteiger partial charge in [0.25, 0.3) is 0 Å². The predicted molar refractivity (Wildman–Crippen MR) is 107 cm³/mol. The molecule has 1 unspecified atom stereocenters. The molecule has 2 aromatic heterocycles. The third-order valence-corrected chi connectivity index (χ3v) is 5.85. The first kappa shape index (κ1) is 18.9. The molecule has 0 bridgehead atoms. The number of imidazole rings is 1. The van der Waals surface area contributed by atoms with Gasteiger partial charge < -0.3 is 23.8 Å². The van der Waals surface area contributed by atoms with Gasteiger partial charge in [-0.1, -0.05) is 23.2 Å². The molecule has 3 aromatic rings. The zero-order chi connectivity index (χ0) is 19.0. The van der Waals surface area contributed by atoms with E-state index in [2.05, 4.69) is 9.88 Å². The van der Waals surface area contributed by atoms with Crippen molar-refractivity contribution < 1.29 is 14.3 Å². The molecule has 27 heavy (non-hydrogen) atoms. The Hall–Kier alpha value is -1.47. The van der Waals surface area contributed by atoms with Crippen LogP contribution in [0.4, 0.5) is 5.82 Å². The SMILES string of the molecule is OP(O)OC1CCCN(c2cc(-n3ccnc3)c3ccc(Cl)c(Cl)c3n2)C1. The van der Waals surface area contributed by atoms with Gasteiger partial charge in [-0.2, -0.15) is 0 Å². The fourth-order valence-electron chi connectivity index (χ4n) is 3.35. The highest BCUT2D eigenvalue weighted by Crippen LogP contribution is 2.36. The minimum Gasteiger partial charge on any atom is -0.354 e. The molecule has 4 rings (SSSR count). The third kappa shape index (κ3) is 3.90. The van der Waals surface area contributed by atoms with E-state index in [0.29, 0.717) is 22.1 Å². The first-order chi connectivity index (χ1) is 13.0. The van der Waals surface area contributed by atoms with Crippen LogP contribution in [0.2, 0.25) is 10.0 Å². The van der Waals surface area contributed by atoms with Gasteiger partial charge in [0.1, 0.15) is 5.82 Å². The summed E-state index contributed by atoms with van der Waals surface area (Å²) < 4.78 is 7.12. The molecule has 1 saturated heterocycles. The first-order valence-corrected chi connectivity index (χ1v) is 10.3. The van der Waals surface area contributed by atoms with Gasteiger partial charge in [0.15, 0.2) is 0 Å². The quantitative estimate of drug-likeness (QED) is 0.615. The molecule has 0 radical (unpaired) electrons. The van der Waals surface area contributed by atoms with Crippen LogP contribution in [0.3, 0.4) is 0 Å². The summed E-state index contributed by atoms with van der Waals surface area (Å²) in [6.45, 7) is 1.30. The lowest BCUT2D eigenvalue weighted by Gasteiger charge is -2.33. The van der Waals surface area contributed by atoms with Gasteiger partial charge in [0.05, 0.1) is 33.7 Å². The first-order valence-electron chi connectivity index (χ1n) is 8.39. The summed E-state index contributed by atoms with van der Waals surface area (Å²) in [5.41, 5.74) is 1.50. The molecule has 1 atom stereocenters. The van der Waals surface area contributed by atoms with Gasteiger partial charge in [0.2, 0.25) is 0 Å². The van der Waals surface area contributed by atoms with Crippen LogP contribution in [-0.4, -0.2) is 43.5 Å². The summed E-state index contributed by atoms with van der Waals surface area (Å²) in [5.74, 6) is 0.726. The van der Waals surface area contributed by atoms with Crippen LogP contribution in [0.5, 0.6) is 0 Å². The minimum absolute atomic E-state index is 0.260. The van der Waals surface area contributed by atoms with E-state index in [1.807, 2.05) is 22.9 Å². The fraction of sp³-hybridized carbons (Fsp3) is 0.294. The third-order valence-electron chi connectivity index (χ3n) is 4.57. The van der Waals surface area contributed by atoms with Crippen molar-refractivity contribution in [2.24, 2.45) is 0 Å². The van der Waals surface area contributed by atoms with E-state index < -0.39 is 8.60 Å². The number of anilines is 1. The number of hydrogen-bond acceptors (Lipinski definition) is 6. The van der Waals surface area contributed by atoms with E-state index >= 15 is 0 Å². The normalized spacial score (nSPS) is 17.8. The molecule has 0 saturated carbocycles. The van der Waals surface area contributed by atoms with Crippen molar-refractivity contribution in [3.8, 4) is 5.69 Å². The summed E-state index contributed by atoms with van der Waals surface area (Å²) in [6, 6.07) is 5.61. The van der Waals surface area contributed by atoms with Crippen LogP contribution in [-0.2, 0) is 4.52 Å². The molecule has 1 fully saturated rings. The Kier molecular flexibility index (Phi) is 5.50. The standard InChI is InChI=1S/C17H17Cl2N4O3P/c18-13-4-3-12-14(23-7-5-20-10-23)8-15(21-17(12)16(13)19)22-6-1-2-11(9-22)26-27(24)25/h3-5,7-8,10-11,24-25H,1-2,6,9H2. The van der Waals surface area contributed by atoms with Crippen molar-refractivity contribution in [2.75, 3.05) is 18.0 Å². The maximum atomic E-state index is 9.16. The van der Waals surface area contributed by atoms with E-state index in [1.54, 1.807) is 18.6 Å². The summed E-state index contributed by atoms with van der Waals surface area (Å²) in [6.07, 6.45) is 6.65. The highest BCUT2D eigenvalue weighted by molar-refractivity contribution is 7.39. The zero-order valence-electron chi connectivity index (χ0n) is 14.2. The monoisotopic (exact) mass is 426 g/mol. The van der Waals surface area contributed by atoms with Crippen LogP contribution in [0, 0.1) is 0 Å². The van der Waals surface area contributed by atoms with Crippen molar-refractivity contribution in [1.29, 1.82) is 0 Å². The number of nitrogens with zero attached hydrogens (tertiary/aromatic N) is 4. The van der Waals surface area contributed by atoms with Crippen molar-refractivity contribution in [1.82, 2.24) is 14.5 Å². The maximum Gasteiger partial charge on any atom is 0.327 e. The number of fused-ring (bicyclic) bond motifs is 1. The summed E-state index contributed by atoms with van der Waals surface area (Å²) in [7, 11) is -2.38. The van der Waals surface area contributed by atoms with Crippen molar-refractivity contribution in [3.05, 3.63) is 47.0 Å². The molecule has 1 aromatic carbocycles. The summed E-state index contributed by atoms with van der Waals surface area (Å²) in [4.78, 5) is 29.3. The second-order valence-corrected chi connectivity index (χ2v) is 7.80. The topological polar surface area (TPSA) is 83.6 Å². The van der Waals surface area contributed by atoms with Crippen molar-refractivity contribution in [2.45, 2.75) is 18.9 Å². The number of piperidine rings is 1. The average Bonchev–Trinajstić information content (AvgIpc) is 3.18. The molecular weight excluding hydrogens is 410 g/mol. The van der Waals surface area contributed by atoms with Gasteiger partial charge in [-0.25, -0.2) is 9.97 Å². The van der Waals surface area contributed by atoms with E-state index in [-0.39, 0.29) is 6.10 Å². The lowest BCUT2D eigenvalue weighted by molar-refractivity contribution is 0.153. The molecule has 0 spiro atoms. The predicted octanol–water partition coefficient (Wildman–Crippen LogP) is 3.92. The van der Waals surface area contributed by atoms with Crippen molar-refractivity contribution >= 4 is 48.5 Å². The molecule has 0 amide bonds. The largest absolute Gasteiger partial charge is 0.354 e. The molecule has 7 nitrogen and oxygen atoms in total. The van der Waals surface area contributed by atoms with E-state index in [0.717, 1.165) is 36.3 Å². The number of aromatic nitrogens is 3. The van der Waals surface area contributed by atoms with Crippen LogP contribution in [0.25, 0.3) is 16.6 Å². The molecule has 1 aliphatic rings. The number of hydrogen-bond donors (Lipinski definition) is 2. The number of benzene rings is 1. The second-order valence-electron chi connectivity index (χ2n) is 6.30. The number of rotatable bonds is 4. The minimum atomic E-state index is -2.38. The Morgan fingerprint density at radius 2 is 2.11 bits per heavy atom. The van der Waals surface area contributed by atoms with Gasteiger partial charge in [0, 0.05) is 36.9 Å². The van der Waals surface area contributed by atoms with Crippen LogP contribution >= 0.6 is 31.8 Å². The number of pyridine rings is 1. The molecule has 1 aliphatic heterocycles. The Labute approximate surface area is 167 Å². The summed E-state index contributed by atoms with van der Waals surface area (Å²) in [5, 5.41) is 1.71. The molecule has 3 heterocycles. The van der Waals surface area contributed by atoms with Gasteiger partial charge >= 0.3 is 8.60 Å². The second kappa shape index (κ2) is 7.87. The van der Waals surface area contributed by atoms with E-state index in [4.69, 9.17) is 42.5 Å². The van der Waals surface area contributed by atoms with E-state index in [9.17, 15) is 0 Å². The van der Waals surface area contributed by atoms with Crippen LogP contribution in [0.1, 0.15) is 12.8 Å². The molecular formula is C17H17Cl2N4O3P. The number of halogens is 2. The molecule has 142 valence electrons. The molecule has 0 aliphatic carbocycles. The Morgan fingerprint density at radius 3 is 2.85 bits per heavy atom. The Bertz CT molecular complexity index is 955. The molecule has 2 N–H and O–H groups in total. The lowest BCUT2D eigenvalue weighted by atomic mass is 10.1.